The third-order valence-corrected chi connectivity index (χ3v) is 3.78. The van der Waals surface area contributed by atoms with Crippen molar-refractivity contribution in [3.63, 3.8) is 0 Å². The lowest BCUT2D eigenvalue weighted by atomic mass is 10.1. The Kier molecular flexibility index (Phi) is 10.4. The summed E-state index contributed by atoms with van der Waals surface area (Å²) in [5, 5.41) is 1.15. The summed E-state index contributed by atoms with van der Waals surface area (Å²) in [4.78, 5) is 0. The Morgan fingerprint density at radius 2 is 1.65 bits per heavy atom. The monoisotopic (exact) mass is 306 g/mol. The van der Waals surface area contributed by atoms with Gasteiger partial charge in [0, 0.05) is 18.5 Å². The molecule has 0 spiro atoms. The van der Waals surface area contributed by atoms with Crippen LogP contribution in [0, 0.1) is 0 Å². The molecule has 0 bridgehead atoms. The third kappa shape index (κ3) is 9.04. The second-order valence-corrected chi connectivity index (χ2v) is 5.62. The molecular weight excluding hydrogens is 280 g/mol. The topological polar surface area (TPSA) is 18.5 Å². The molecule has 0 amide bonds. The Hall–Kier alpha value is 0.400. The predicted octanol–water partition coefficient (Wildman–Crippen LogP) is 4.66. The average molecular weight is 307 g/mol. The lowest BCUT2D eigenvalue weighted by molar-refractivity contribution is -0.162. The number of rotatable bonds is 10. The summed E-state index contributed by atoms with van der Waals surface area (Å²) in [6, 6.07) is 0. The SMILES string of the molecule is BrCCCCCCCCCO[C@@H]1CCCCO1. The fourth-order valence-corrected chi connectivity index (χ4v) is 2.53. The first kappa shape index (κ1) is 15.5. The Morgan fingerprint density at radius 3 is 2.29 bits per heavy atom. The molecule has 0 aromatic heterocycles. The van der Waals surface area contributed by atoms with Gasteiger partial charge in [-0.3, -0.25) is 0 Å². The highest BCUT2D eigenvalue weighted by Crippen LogP contribution is 2.14. The zero-order chi connectivity index (χ0) is 12.2. The van der Waals surface area contributed by atoms with Crippen molar-refractivity contribution in [2.24, 2.45) is 0 Å². The number of unbranched alkanes of at least 4 members (excludes halogenated alkanes) is 6. The zero-order valence-electron chi connectivity index (χ0n) is 11.0. The predicted molar refractivity (Wildman–Crippen MR) is 75.7 cm³/mol. The van der Waals surface area contributed by atoms with Gasteiger partial charge in [0.2, 0.25) is 0 Å². The summed E-state index contributed by atoms with van der Waals surface area (Å²) >= 11 is 3.46. The van der Waals surface area contributed by atoms with Gasteiger partial charge in [-0.1, -0.05) is 48.0 Å². The van der Waals surface area contributed by atoms with E-state index in [0.717, 1.165) is 25.0 Å². The summed E-state index contributed by atoms with van der Waals surface area (Å²) in [6.07, 6.45) is 13.0. The highest BCUT2D eigenvalue weighted by atomic mass is 79.9. The number of alkyl halides is 1. The fraction of sp³-hybridized carbons (Fsp3) is 1.00. The van der Waals surface area contributed by atoms with Gasteiger partial charge in [-0.25, -0.2) is 0 Å². The smallest absolute Gasteiger partial charge is 0.157 e. The standard InChI is InChI=1S/C14H27BrO2/c15-11-7-4-2-1-3-5-8-12-16-14-10-6-9-13-17-14/h14H,1-13H2/t14-/m0/s1. The third-order valence-electron chi connectivity index (χ3n) is 3.22. The largest absolute Gasteiger partial charge is 0.353 e. The second-order valence-electron chi connectivity index (χ2n) is 4.83. The Labute approximate surface area is 115 Å². The Morgan fingerprint density at radius 1 is 0.941 bits per heavy atom. The molecule has 0 aromatic carbocycles. The number of ether oxygens (including phenoxy) is 2. The van der Waals surface area contributed by atoms with Crippen LogP contribution in [0.2, 0.25) is 0 Å². The first-order valence-corrected chi connectivity index (χ1v) is 8.35. The van der Waals surface area contributed by atoms with Gasteiger partial charge in [-0.15, -0.1) is 0 Å². The molecule has 17 heavy (non-hydrogen) atoms. The minimum Gasteiger partial charge on any atom is -0.353 e. The van der Waals surface area contributed by atoms with Gasteiger partial charge in [0.1, 0.15) is 0 Å². The van der Waals surface area contributed by atoms with Crippen molar-refractivity contribution in [1.82, 2.24) is 0 Å². The molecule has 1 heterocycles. The molecule has 1 aliphatic rings. The van der Waals surface area contributed by atoms with E-state index in [2.05, 4.69) is 15.9 Å². The van der Waals surface area contributed by atoms with E-state index in [1.807, 2.05) is 0 Å². The van der Waals surface area contributed by atoms with Crippen LogP contribution < -0.4 is 0 Å². The summed E-state index contributed by atoms with van der Waals surface area (Å²) in [5.41, 5.74) is 0. The lowest BCUT2D eigenvalue weighted by Crippen LogP contribution is -2.22. The summed E-state index contributed by atoms with van der Waals surface area (Å²) in [6.45, 7) is 1.77. The van der Waals surface area contributed by atoms with Crippen molar-refractivity contribution in [2.75, 3.05) is 18.5 Å². The van der Waals surface area contributed by atoms with E-state index in [-0.39, 0.29) is 6.29 Å². The van der Waals surface area contributed by atoms with E-state index in [4.69, 9.17) is 9.47 Å². The molecule has 0 unspecified atom stereocenters. The van der Waals surface area contributed by atoms with Crippen molar-refractivity contribution < 1.29 is 9.47 Å². The molecule has 0 N–H and O–H groups in total. The number of hydrogen-bond donors (Lipinski definition) is 0. The Balaban J connectivity index is 1.75. The van der Waals surface area contributed by atoms with Gasteiger partial charge in [0.25, 0.3) is 0 Å². The van der Waals surface area contributed by atoms with Crippen molar-refractivity contribution in [2.45, 2.75) is 70.5 Å². The first-order valence-electron chi connectivity index (χ1n) is 7.22. The zero-order valence-corrected chi connectivity index (χ0v) is 12.6. The number of hydrogen-bond acceptors (Lipinski definition) is 2. The molecule has 0 radical (unpaired) electrons. The van der Waals surface area contributed by atoms with E-state index in [1.54, 1.807) is 0 Å². The van der Waals surface area contributed by atoms with E-state index < -0.39 is 0 Å². The molecule has 3 heteroatoms. The first-order chi connectivity index (χ1) is 8.43. The Bertz CT molecular complexity index is 158. The van der Waals surface area contributed by atoms with E-state index >= 15 is 0 Å². The van der Waals surface area contributed by atoms with Gasteiger partial charge in [-0.05, 0) is 32.1 Å². The van der Waals surface area contributed by atoms with Crippen LogP contribution in [0.4, 0.5) is 0 Å². The minimum atomic E-state index is 0.0997. The fourth-order valence-electron chi connectivity index (χ4n) is 2.14. The van der Waals surface area contributed by atoms with Crippen LogP contribution in [0.1, 0.15) is 64.2 Å². The van der Waals surface area contributed by atoms with Gasteiger partial charge in [-0.2, -0.15) is 0 Å². The lowest BCUT2D eigenvalue weighted by Gasteiger charge is -2.22. The molecule has 2 nitrogen and oxygen atoms in total. The molecule has 1 rings (SSSR count). The molecule has 102 valence electrons. The van der Waals surface area contributed by atoms with Crippen LogP contribution in [0.25, 0.3) is 0 Å². The molecule has 1 fully saturated rings. The van der Waals surface area contributed by atoms with Crippen LogP contribution in [0.3, 0.4) is 0 Å². The molecule has 1 aliphatic heterocycles. The maximum absolute atomic E-state index is 5.70. The summed E-state index contributed by atoms with van der Waals surface area (Å²) in [7, 11) is 0. The average Bonchev–Trinajstić information content (AvgIpc) is 2.38. The van der Waals surface area contributed by atoms with Crippen molar-refractivity contribution in [3.8, 4) is 0 Å². The molecule has 1 saturated heterocycles. The van der Waals surface area contributed by atoms with Crippen molar-refractivity contribution in [1.29, 1.82) is 0 Å². The molecule has 0 aliphatic carbocycles. The van der Waals surface area contributed by atoms with Crippen LogP contribution >= 0.6 is 15.9 Å². The summed E-state index contributed by atoms with van der Waals surface area (Å²) < 4.78 is 11.2. The van der Waals surface area contributed by atoms with Crippen molar-refractivity contribution in [3.05, 3.63) is 0 Å². The van der Waals surface area contributed by atoms with Crippen LogP contribution in [-0.2, 0) is 9.47 Å². The second kappa shape index (κ2) is 11.5. The molecule has 0 saturated carbocycles. The van der Waals surface area contributed by atoms with Crippen molar-refractivity contribution >= 4 is 15.9 Å². The van der Waals surface area contributed by atoms with Gasteiger partial charge in [0.05, 0.1) is 0 Å². The van der Waals surface area contributed by atoms with E-state index in [1.165, 1.54) is 57.8 Å². The normalized spacial score (nSPS) is 20.6. The quantitative estimate of drug-likeness (QED) is 0.432. The van der Waals surface area contributed by atoms with Gasteiger partial charge >= 0.3 is 0 Å². The van der Waals surface area contributed by atoms with E-state index in [0.29, 0.717) is 0 Å². The molecule has 0 aromatic rings. The van der Waals surface area contributed by atoms with Crippen LogP contribution in [-0.4, -0.2) is 24.8 Å². The highest BCUT2D eigenvalue weighted by molar-refractivity contribution is 9.09. The minimum absolute atomic E-state index is 0.0997. The van der Waals surface area contributed by atoms with Gasteiger partial charge < -0.3 is 9.47 Å². The van der Waals surface area contributed by atoms with Crippen LogP contribution in [0.15, 0.2) is 0 Å². The number of halogens is 1. The molecular formula is C14H27BrO2. The summed E-state index contributed by atoms with van der Waals surface area (Å²) in [5.74, 6) is 0. The van der Waals surface area contributed by atoms with Crippen LogP contribution in [0.5, 0.6) is 0 Å². The molecule has 1 atom stereocenters. The van der Waals surface area contributed by atoms with Gasteiger partial charge in [0.15, 0.2) is 6.29 Å². The van der Waals surface area contributed by atoms with E-state index in [9.17, 15) is 0 Å². The maximum atomic E-state index is 5.70. The highest BCUT2D eigenvalue weighted by Gasteiger charge is 2.13. The maximum Gasteiger partial charge on any atom is 0.157 e.